The SMILES string of the molecule is CC(C)Oc1ccc(NC(N)=NCCC(=O)Nc2ccc(Br)cc2)cc1. The third kappa shape index (κ3) is 7.14. The minimum Gasteiger partial charge on any atom is -0.491 e. The number of halogens is 1. The summed E-state index contributed by atoms with van der Waals surface area (Å²) in [6.45, 7) is 4.25. The summed E-state index contributed by atoms with van der Waals surface area (Å²) >= 11 is 3.35. The molecular weight excluding hydrogens is 396 g/mol. The molecule has 26 heavy (non-hydrogen) atoms. The van der Waals surface area contributed by atoms with Gasteiger partial charge in [-0.05, 0) is 62.4 Å². The number of hydrogen-bond acceptors (Lipinski definition) is 3. The highest BCUT2D eigenvalue weighted by Gasteiger charge is 2.03. The van der Waals surface area contributed by atoms with Gasteiger partial charge in [-0.25, -0.2) is 0 Å². The van der Waals surface area contributed by atoms with Crippen molar-refractivity contribution >= 4 is 39.2 Å². The number of aliphatic imine (C=N–C) groups is 1. The van der Waals surface area contributed by atoms with Gasteiger partial charge >= 0.3 is 0 Å². The second-order valence-corrected chi connectivity index (χ2v) is 6.80. The first-order valence-corrected chi connectivity index (χ1v) is 9.11. The maximum atomic E-state index is 11.9. The van der Waals surface area contributed by atoms with Crippen molar-refractivity contribution in [1.82, 2.24) is 0 Å². The Kier molecular flexibility index (Phi) is 7.47. The van der Waals surface area contributed by atoms with Gasteiger partial charge in [-0.15, -0.1) is 0 Å². The Hall–Kier alpha value is -2.54. The minimum absolute atomic E-state index is 0.112. The maximum Gasteiger partial charge on any atom is 0.226 e. The molecule has 7 heteroatoms. The topological polar surface area (TPSA) is 88.7 Å². The predicted molar refractivity (Wildman–Crippen MR) is 110 cm³/mol. The first-order valence-electron chi connectivity index (χ1n) is 8.31. The molecule has 0 radical (unpaired) electrons. The van der Waals surface area contributed by atoms with E-state index < -0.39 is 0 Å². The van der Waals surface area contributed by atoms with Gasteiger partial charge in [-0.2, -0.15) is 0 Å². The van der Waals surface area contributed by atoms with Gasteiger partial charge < -0.3 is 21.1 Å². The van der Waals surface area contributed by atoms with Gasteiger partial charge in [0.2, 0.25) is 5.91 Å². The highest BCUT2D eigenvalue weighted by Crippen LogP contribution is 2.17. The quantitative estimate of drug-likeness (QED) is 0.468. The molecule has 0 fully saturated rings. The standard InChI is InChI=1S/C19H23BrN4O2/c1-13(2)26-17-9-7-16(8-10-17)24-19(21)22-12-11-18(25)23-15-5-3-14(20)4-6-15/h3-10,13H,11-12H2,1-2H3,(H,23,25)(H3,21,22,24). The Morgan fingerprint density at radius 3 is 2.27 bits per heavy atom. The molecule has 2 rings (SSSR count). The summed E-state index contributed by atoms with van der Waals surface area (Å²) in [5.74, 6) is 0.948. The normalized spacial score (nSPS) is 11.3. The van der Waals surface area contributed by atoms with Crippen molar-refractivity contribution in [3.63, 3.8) is 0 Å². The van der Waals surface area contributed by atoms with Crippen LogP contribution in [-0.4, -0.2) is 24.5 Å². The average molecular weight is 419 g/mol. The molecule has 0 aromatic heterocycles. The van der Waals surface area contributed by atoms with Crippen LogP contribution in [0, 0.1) is 0 Å². The summed E-state index contributed by atoms with van der Waals surface area (Å²) in [6, 6.07) is 14.8. The summed E-state index contributed by atoms with van der Waals surface area (Å²) < 4.78 is 6.55. The molecular formula is C19H23BrN4O2. The summed E-state index contributed by atoms with van der Waals surface area (Å²) in [7, 11) is 0. The van der Waals surface area contributed by atoms with Crippen LogP contribution in [0.5, 0.6) is 5.75 Å². The number of guanidine groups is 1. The van der Waals surface area contributed by atoms with Gasteiger partial charge in [-0.3, -0.25) is 9.79 Å². The lowest BCUT2D eigenvalue weighted by Gasteiger charge is -2.11. The van der Waals surface area contributed by atoms with E-state index in [4.69, 9.17) is 10.5 Å². The molecule has 2 aromatic rings. The van der Waals surface area contributed by atoms with Crippen LogP contribution in [0.2, 0.25) is 0 Å². The second-order valence-electron chi connectivity index (χ2n) is 5.89. The van der Waals surface area contributed by atoms with E-state index in [-0.39, 0.29) is 24.4 Å². The van der Waals surface area contributed by atoms with Crippen LogP contribution in [0.4, 0.5) is 11.4 Å². The van der Waals surface area contributed by atoms with Crippen molar-refractivity contribution in [2.75, 3.05) is 17.2 Å². The monoisotopic (exact) mass is 418 g/mol. The largest absolute Gasteiger partial charge is 0.491 e. The minimum atomic E-state index is -0.112. The molecule has 0 spiro atoms. The molecule has 0 saturated heterocycles. The van der Waals surface area contributed by atoms with Crippen LogP contribution in [0.15, 0.2) is 58.0 Å². The van der Waals surface area contributed by atoms with Crippen molar-refractivity contribution in [2.45, 2.75) is 26.4 Å². The number of hydrogen-bond donors (Lipinski definition) is 3. The van der Waals surface area contributed by atoms with Gasteiger partial charge in [0.1, 0.15) is 5.75 Å². The zero-order valence-corrected chi connectivity index (χ0v) is 16.4. The number of rotatable bonds is 7. The third-order valence-corrected chi connectivity index (χ3v) is 3.78. The molecule has 0 saturated carbocycles. The van der Waals surface area contributed by atoms with E-state index in [2.05, 4.69) is 31.6 Å². The fraction of sp³-hybridized carbons (Fsp3) is 0.263. The van der Waals surface area contributed by atoms with Gasteiger partial charge in [0.05, 0.1) is 12.6 Å². The molecule has 0 aliphatic heterocycles. The molecule has 0 atom stereocenters. The van der Waals surface area contributed by atoms with Crippen LogP contribution < -0.4 is 21.1 Å². The van der Waals surface area contributed by atoms with Gasteiger partial charge in [0.15, 0.2) is 5.96 Å². The van der Waals surface area contributed by atoms with E-state index in [9.17, 15) is 4.79 Å². The van der Waals surface area contributed by atoms with Gasteiger partial charge in [0.25, 0.3) is 0 Å². The number of amides is 1. The fourth-order valence-corrected chi connectivity index (χ4v) is 2.38. The predicted octanol–water partition coefficient (Wildman–Crippen LogP) is 3.99. The number of nitrogens with zero attached hydrogens (tertiary/aromatic N) is 1. The van der Waals surface area contributed by atoms with E-state index >= 15 is 0 Å². The van der Waals surface area contributed by atoms with Crippen LogP contribution in [-0.2, 0) is 4.79 Å². The zero-order valence-electron chi connectivity index (χ0n) is 14.8. The Bertz CT molecular complexity index is 743. The van der Waals surface area contributed by atoms with Crippen LogP contribution in [0.1, 0.15) is 20.3 Å². The number of anilines is 2. The molecule has 2 aromatic carbocycles. The Labute approximate surface area is 162 Å². The number of carbonyl (C=O) groups excluding carboxylic acids is 1. The Morgan fingerprint density at radius 1 is 1.08 bits per heavy atom. The molecule has 4 N–H and O–H groups in total. The Balaban J connectivity index is 1.77. The third-order valence-electron chi connectivity index (χ3n) is 3.25. The highest BCUT2D eigenvalue weighted by molar-refractivity contribution is 9.10. The maximum absolute atomic E-state index is 11.9. The molecule has 1 amide bonds. The highest BCUT2D eigenvalue weighted by atomic mass is 79.9. The lowest BCUT2D eigenvalue weighted by molar-refractivity contribution is -0.116. The van der Waals surface area contributed by atoms with E-state index in [0.29, 0.717) is 6.54 Å². The van der Waals surface area contributed by atoms with Crippen molar-refractivity contribution in [3.8, 4) is 5.75 Å². The lowest BCUT2D eigenvalue weighted by atomic mass is 10.3. The number of ether oxygens (including phenoxy) is 1. The van der Waals surface area contributed by atoms with Crippen molar-refractivity contribution in [2.24, 2.45) is 10.7 Å². The van der Waals surface area contributed by atoms with Gasteiger partial charge in [0, 0.05) is 22.3 Å². The number of nitrogens with two attached hydrogens (primary N) is 1. The molecule has 6 nitrogen and oxygen atoms in total. The Morgan fingerprint density at radius 2 is 1.65 bits per heavy atom. The first-order chi connectivity index (χ1) is 12.4. The van der Waals surface area contributed by atoms with E-state index in [0.717, 1.165) is 21.6 Å². The summed E-state index contributed by atoms with van der Waals surface area (Å²) in [6.07, 6.45) is 0.378. The summed E-state index contributed by atoms with van der Waals surface area (Å²) in [5.41, 5.74) is 7.40. The molecule has 0 bridgehead atoms. The van der Waals surface area contributed by atoms with E-state index in [1.54, 1.807) is 0 Å². The first kappa shape index (κ1) is 19.8. The lowest BCUT2D eigenvalue weighted by Crippen LogP contribution is -2.23. The second kappa shape index (κ2) is 9.82. The van der Waals surface area contributed by atoms with Gasteiger partial charge in [-0.1, -0.05) is 15.9 Å². The van der Waals surface area contributed by atoms with Crippen LogP contribution >= 0.6 is 15.9 Å². The summed E-state index contributed by atoms with van der Waals surface area (Å²) in [4.78, 5) is 16.1. The fourth-order valence-electron chi connectivity index (χ4n) is 2.11. The zero-order chi connectivity index (χ0) is 18.9. The number of carbonyl (C=O) groups is 1. The number of nitrogens with one attached hydrogen (secondary N) is 2. The molecule has 0 aliphatic carbocycles. The smallest absolute Gasteiger partial charge is 0.226 e. The molecule has 0 aliphatic rings. The molecule has 0 unspecified atom stereocenters. The molecule has 138 valence electrons. The van der Waals surface area contributed by atoms with E-state index in [1.807, 2.05) is 62.4 Å². The summed E-state index contributed by atoms with van der Waals surface area (Å²) in [5, 5.41) is 5.80. The van der Waals surface area contributed by atoms with Crippen molar-refractivity contribution in [1.29, 1.82) is 0 Å². The number of benzene rings is 2. The molecule has 0 heterocycles. The van der Waals surface area contributed by atoms with Crippen LogP contribution in [0.3, 0.4) is 0 Å². The average Bonchev–Trinajstić information content (AvgIpc) is 2.58. The van der Waals surface area contributed by atoms with Crippen molar-refractivity contribution < 1.29 is 9.53 Å². The van der Waals surface area contributed by atoms with E-state index in [1.165, 1.54) is 0 Å². The van der Waals surface area contributed by atoms with Crippen LogP contribution in [0.25, 0.3) is 0 Å². The van der Waals surface area contributed by atoms with Crippen molar-refractivity contribution in [3.05, 3.63) is 53.0 Å².